The molecule has 0 spiro atoms. The van der Waals surface area contributed by atoms with Crippen LogP contribution in [-0.2, 0) is 9.53 Å². The van der Waals surface area contributed by atoms with Crippen LogP contribution in [0.15, 0.2) is 11.1 Å². The quantitative estimate of drug-likeness (QED) is 0.712. The Hall–Kier alpha value is -0.830. The molecule has 0 bridgehead atoms. The van der Waals surface area contributed by atoms with Crippen LogP contribution in [0.1, 0.15) is 39.0 Å². The Morgan fingerprint density at radius 3 is 2.80 bits per heavy atom. The Morgan fingerprint density at radius 2 is 2.13 bits per heavy atom. The molecule has 3 nitrogen and oxygen atoms in total. The predicted octanol–water partition coefficient (Wildman–Crippen LogP) is 2.08. The van der Waals surface area contributed by atoms with E-state index in [4.69, 9.17) is 4.74 Å². The van der Waals surface area contributed by atoms with Gasteiger partial charge >= 0.3 is 0 Å². The highest BCUT2D eigenvalue weighted by molar-refractivity contribution is 5.97. The van der Waals surface area contributed by atoms with Crippen LogP contribution < -0.4 is 0 Å². The molecule has 2 rings (SSSR count). The zero-order valence-corrected chi connectivity index (χ0v) is 9.58. The molecule has 3 heteroatoms. The molecule has 0 saturated heterocycles. The fourth-order valence-corrected chi connectivity index (χ4v) is 2.64. The number of carbonyl (C=O) groups excluding carboxylic acids is 1. The minimum atomic E-state index is -0.0623. The lowest BCUT2D eigenvalue weighted by Crippen LogP contribution is -2.37. The van der Waals surface area contributed by atoms with Gasteiger partial charge in [0.25, 0.3) is 5.91 Å². The summed E-state index contributed by atoms with van der Waals surface area (Å²) in [5.74, 6) is 0.221. The van der Waals surface area contributed by atoms with E-state index in [2.05, 4.69) is 6.92 Å². The maximum absolute atomic E-state index is 12.1. The van der Waals surface area contributed by atoms with Gasteiger partial charge in [-0.15, -0.1) is 0 Å². The van der Waals surface area contributed by atoms with Gasteiger partial charge in [0.05, 0.1) is 0 Å². The third-order valence-electron chi connectivity index (χ3n) is 3.30. The van der Waals surface area contributed by atoms with Crippen molar-refractivity contribution in [1.82, 2.24) is 4.90 Å². The number of methoxy groups -OCH3 is 1. The molecule has 0 aromatic heterocycles. The Balaban J connectivity index is 2.24. The third kappa shape index (κ3) is 1.69. The van der Waals surface area contributed by atoms with Gasteiger partial charge in [0, 0.05) is 19.2 Å². The zero-order valence-electron chi connectivity index (χ0n) is 9.58. The predicted molar refractivity (Wildman–Crippen MR) is 58.3 cm³/mol. The van der Waals surface area contributed by atoms with E-state index in [0.29, 0.717) is 0 Å². The number of nitrogens with zero attached hydrogens (tertiary/aromatic N) is 1. The van der Waals surface area contributed by atoms with Crippen molar-refractivity contribution in [3.8, 4) is 0 Å². The van der Waals surface area contributed by atoms with E-state index in [1.54, 1.807) is 7.11 Å². The van der Waals surface area contributed by atoms with Crippen LogP contribution in [0.4, 0.5) is 0 Å². The van der Waals surface area contributed by atoms with Crippen molar-refractivity contribution in [2.75, 3.05) is 13.7 Å². The Bertz CT molecular complexity index is 296. The van der Waals surface area contributed by atoms with Gasteiger partial charge in [-0.1, -0.05) is 6.92 Å². The van der Waals surface area contributed by atoms with E-state index in [1.807, 2.05) is 4.90 Å². The average Bonchev–Trinajstić information content (AvgIpc) is 2.54. The lowest BCUT2D eigenvalue weighted by molar-refractivity contribution is -0.133. The molecule has 0 fully saturated rings. The fourth-order valence-electron chi connectivity index (χ4n) is 2.64. The van der Waals surface area contributed by atoms with Gasteiger partial charge in [0.2, 0.25) is 0 Å². The van der Waals surface area contributed by atoms with Crippen molar-refractivity contribution in [3.05, 3.63) is 11.1 Å². The third-order valence-corrected chi connectivity index (χ3v) is 3.30. The molecule has 0 aromatic carbocycles. The van der Waals surface area contributed by atoms with Gasteiger partial charge in [-0.25, -0.2) is 0 Å². The Morgan fingerprint density at radius 1 is 1.40 bits per heavy atom. The summed E-state index contributed by atoms with van der Waals surface area (Å²) in [5.41, 5.74) is 2.30. The normalized spacial score (nSPS) is 26.1. The van der Waals surface area contributed by atoms with Crippen LogP contribution in [0, 0.1) is 0 Å². The van der Waals surface area contributed by atoms with Gasteiger partial charge < -0.3 is 9.64 Å². The monoisotopic (exact) mass is 209 g/mol. The van der Waals surface area contributed by atoms with Crippen molar-refractivity contribution in [2.45, 2.75) is 45.3 Å². The second kappa shape index (κ2) is 4.35. The lowest BCUT2D eigenvalue weighted by atomic mass is 9.93. The highest BCUT2D eigenvalue weighted by Gasteiger charge is 2.39. The van der Waals surface area contributed by atoms with E-state index >= 15 is 0 Å². The molecule has 0 saturated carbocycles. The molecule has 1 aliphatic carbocycles. The average molecular weight is 209 g/mol. The standard InChI is InChI=1S/C12H19NO2/c1-3-8-13-11(14)9-6-4-5-7-10(9)12(13)15-2/h12H,3-8H2,1-2H3/t12-/m0/s1. The Labute approximate surface area is 91.1 Å². The van der Waals surface area contributed by atoms with E-state index < -0.39 is 0 Å². The van der Waals surface area contributed by atoms with Crippen LogP contribution >= 0.6 is 0 Å². The number of hydrogen-bond acceptors (Lipinski definition) is 2. The lowest BCUT2D eigenvalue weighted by Gasteiger charge is -2.25. The van der Waals surface area contributed by atoms with Crippen molar-refractivity contribution in [1.29, 1.82) is 0 Å². The molecule has 0 aromatic rings. The van der Waals surface area contributed by atoms with E-state index in [1.165, 1.54) is 12.0 Å². The summed E-state index contributed by atoms with van der Waals surface area (Å²) in [6.45, 7) is 2.90. The molecule has 1 heterocycles. The summed E-state index contributed by atoms with van der Waals surface area (Å²) in [4.78, 5) is 14.0. The number of carbonyl (C=O) groups is 1. The summed E-state index contributed by atoms with van der Waals surface area (Å²) < 4.78 is 5.46. The molecular formula is C12H19NO2. The zero-order chi connectivity index (χ0) is 10.8. The maximum atomic E-state index is 12.1. The summed E-state index contributed by atoms with van der Waals surface area (Å²) in [6.07, 6.45) is 5.28. The number of ether oxygens (including phenoxy) is 1. The first-order valence-electron chi connectivity index (χ1n) is 5.85. The largest absolute Gasteiger partial charge is 0.357 e. The van der Waals surface area contributed by atoms with Crippen LogP contribution in [-0.4, -0.2) is 30.7 Å². The Kier molecular flexibility index (Phi) is 3.10. The van der Waals surface area contributed by atoms with Crippen LogP contribution in [0.2, 0.25) is 0 Å². The highest BCUT2D eigenvalue weighted by atomic mass is 16.5. The highest BCUT2D eigenvalue weighted by Crippen LogP contribution is 2.36. The first-order valence-corrected chi connectivity index (χ1v) is 5.85. The first-order chi connectivity index (χ1) is 7.29. The summed E-state index contributed by atoms with van der Waals surface area (Å²) in [5, 5.41) is 0. The van der Waals surface area contributed by atoms with E-state index in [-0.39, 0.29) is 12.1 Å². The summed E-state index contributed by atoms with van der Waals surface area (Å²) in [7, 11) is 1.70. The number of amides is 1. The molecule has 1 amide bonds. The molecule has 1 atom stereocenters. The molecule has 0 radical (unpaired) electrons. The molecule has 84 valence electrons. The molecule has 1 aliphatic heterocycles. The van der Waals surface area contributed by atoms with E-state index in [9.17, 15) is 4.79 Å². The molecular weight excluding hydrogens is 190 g/mol. The van der Waals surface area contributed by atoms with Crippen molar-refractivity contribution in [3.63, 3.8) is 0 Å². The molecule has 0 N–H and O–H groups in total. The first kappa shape index (κ1) is 10.7. The SMILES string of the molecule is CCCN1C(=O)C2=C(CCCC2)[C@@H]1OC. The van der Waals surface area contributed by atoms with Crippen LogP contribution in [0.5, 0.6) is 0 Å². The van der Waals surface area contributed by atoms with Gasteiger partial charge in [0.1, 0.15) is 0 Å². The fraction of sp³-hybridized carbons (Fsp3) is 0.750. The number of rotatable bonds is 3. The number of hydrogen-bond donors (Lipinski definition) is 0. The second-order valence-electron chi connectivity index (χ2n) is 4.30. The van der Waals surface area contributed by atoms with Crippen LogP contribution in [0.25, 0.3) is 0 Å². The second-order valence-corrected chi connectivity index (χ2v) is 4.30. The summed E-state index contributed by atoms with van der Waals surface area (Å²) in [6, 6.07) is 0. The van der Waals surface area contributed by atoms with Crippen molar-refractivity contribution < 1.29 is 9.53 Å². The minimum absolute atomic E-state index is 0.0623. The topological polar surface area (TPSA) is 29.5 Å². The molecule has 15 heavy (non-hydrogen) atoms. The van der Waals surface area contributed by atoms with Crippen molar-refractivity contribution >= 4 is 5.91 Å². The van der Waals surface area contributed by atoms with Crippen molar-refractivity contribution in [2.24, 2.45) is 0 Å². The van der Waals surface area contributed by atoms with Gasteiger partial charge in [0.15, 0.2) is 6.23 Å². The summed E-state index contributed by atoms with van der Waals surface area (Å²) >= 11 is 0. The van der Waals surface area contributed by atoms with Crippen LogP contribution in [0.3, 0.4) is 0 Å². The smallest absolute Gasteiger partial charge is 0.252 e. The van der Waals surface area contributed by atoms with E-state index in [0.717, 1.165) is 37.8 Å². The molecule has 0 unspecified atom stereocenters. The molecule has 2 aliphatic rings. The maximum Gasteiger partial charge on any atom is 0.252 e. The van der Waals surface area contributed by atoms with Gasteiger partial charge in [-0.05, 0) is 37.7 Å². The van der Waals surface area contributed by atoms with Gasteiger partial charge in [-0.2, -0.15) is 0 Å². The minimum Gasteiger partial charge on any atom is -0.357 e. The van der Waals surface area contributed by atoms with Gasteiger partial charge in [-0.3, -0.25) is 4.79 Å².